The van der Waals surface area contributed by atoms with Gasteiger partial charge in [0.15, 0.2) is 0 Å². The predicted molar refractivity (Wildman–Crippen MR) is 61.3 cm³/mol. The summed E-state index contributed by atoms with van der Waals surface area (Å²) in [6.45, 7) is 2.02. The summed E-state index contributed by atoms with van der Waals surface area (Å²) < 4.78 is 0. The fourth-order valence-corrected chi connectivity index (χ4v) is 1.27. The smallest absolute Gasteiger partial charge is 0.315 e. The van der Waals surface area contributed by atoms with Gasteiger partial charge in [-0.25, -0.2) is 4.79 Å². The maximum Gasteiger partial charge on any atom is 0.315 e. The Morgan fingerprint density at radius 2 is 2.06 bits per heavy atom. The number of hydrogen-bond donors (Lipinski definition) is 3. The summed E-state index contributed by atoms with van der Waals surface area (Å²) in [7, 11) is 0. The number of carbonyl (C=O) groups excluding carboxylic acids is 1. The van der Waals surface area contributed by atoms with E-state index in [9.17, 15) is 9.59 Å². The van der Waals surface area contributed by atoms with Gasteiger partial charge in [-0.15, -0.1) is 0 Å². The summed E-state index contributed by atoms with van der Waals surface area (Å²) in [5.74, 6) is -0.938. The van der Waals surface area contributed by atoms with Crippen LogP contribution < -0.4 is 10.6 Å². The first kappa shape index (κ1) is 13.0. The van der Waals surface area contributed by atoms with Crippen molar-refractivity contribution in [2.24, 2.45) is 0 Å². The molecule has 1 heterocycles. The van der Waals surface area contributed by atoms with E-state index in [0.29, 0.717) is 6.54 Å². The second-order valence-corrected chi connectivity index (χ2v) is 3.68. The molecule has 17 heavy (non-hydrogen) atoms. The highest BCUT2D eigenvalue weighted by Gasteiger charge is 2.10. The molecular weight excluding hydrogens is 222 g/mol. The highest BCUT2D eigenvalue weighted by atomic mass is 16.4. The van der Waals surface area contributed by atoms with Gasteiger partial charge in [0.05, 0.1) is 6.42 Å². The molecule has 0 radical (unpaired) electrons. The normalized spacial score (nSPS) is 11.6. The van der Waals surface area contributed by atoms with E-state index in [1.165, 1.54) is 0 Å². The van der Waals surface area contributed by atoms with Crippen molar-refractivity contribution in [3.63, 3.8) is 0 Å². The summed E-state index contributed by atoms with van der Waals surface area (Å²) in [5, 5.41) is 13.7. The molecule has 2 amide bonds. The van der Waals surface area contributed by atoms with E-state index in [1.54, 1.807) is 31.5 Å². The van der Waals surface area contributed by atoms with Crippen molar-refractivity contribution in [2.75, 3.05) is 0 Å². The largest absolute Gasteiger partial charge is 0.481 e. The van der Waals surface area contributed by atoms with Crippen LogP contribution >= 0.6 is 0 Å². The molecule has 1 aromatic heterocycles. The molecule has 92 valence electrons. The lowest BCUT2D eigenvalue weighted by Gasteiger charge is -2.12. The van der Waals surface area contributed by atoms with Crippen LogP contribution in [0.2, 0.25) is 0 Å². The number of aromatic nitrogens is 1. The van der Waals surface area contributed by atoms with Crippen LogP contribution in [0.5, 0.6) is 0 Å². The minimum absolute atomic E-state index is 0.0946. The number of nitrogens with zero attached hydrogens (tertiary/aromatic N) is 1. The number of hydrogen-bond acceptors (Lipinski definition) is 3. The molecule has 1 unspecified atom stereocenters. The standard InChI is InChI=1S/C11H15N3O3/c1-8(6-10(15)16)14-11(17)13-7-9-2-4-12-5-3-9/h2-5,8H,6-7H2,1H3,(H,15,16)(H2,13,14,17). The molecule has 0 aliphatic rings. The summed E-state index contributed by atoms with van der Waals surface area (Å²) in [6, 6.07) is 2.81. The lowest BCUT2D eigenvalue weighted by atomic mass is 10.2. The van der Waals surface area contributed by atoms with Crippen molar-refractivity contribution >= 4 is 12.0 Å². The molecule has 0 spiro atoms. The quantitative estimate of drug-likeness (QED) is 0.704. The van der Waals surface area contributed by atoms with E-state index in [4.69, 9.17) is 5.11 Å². The van der Waals surface area contributed by atoms with Crippen LogP contribution in [0.4, 0.5) is 4.79 Å². The zero-order chi connectivity index (χ0) is 12.7. The zero-order valence-electron chi connectivity index (χ0n) is 9.51. The Morgan fingerprint density at radius 3 is 2.65 bits per heavy atom. The number of rotatable bonds is 5. The van der Waals surface area contributed by atoms with Gasteiger partial charge in [-0.1, -0.05) is 0 Å². The van der Waals surface area contributed by atoms with Gasteiger partial charge >= 0.3 is 12.0 Å². The summed E-state index contributed by atoms with van der Waals surface area (Å²) in [5.41, 5.74) is 0.932. The fraction of sp³-hybridized carbons (Fsp3) is 0.364. The third-order valence-electron chi connectivity index (χ3n) is 2.06. The topological polar surface area (TPSA) is 91.3 Å². The Kier molecular flexibility index (Phi) is 4.93. The average molecular weight is 237 g/mol. The van der Waals surface area contributed by atoms with Crippen molar-refractivity contribution < 1.29 is 14.7 Å². The van der Waals surface area contributed by atoms with Crippen LogP contribution in [-0.4, -0.2) is 28.1 Å². The number of amides is 2. The van der Waals surface area contributed by atoms with Gasteiger partial charge in [-0.2, -0.15) is 0 Å². The summed E-state index contributed by atoms with van der Waals surface area (Å²) in [6.07, 6.45) is 3.19. The molecule has 1 rings (SSSR count). The van der Waals surface area contributed by atoms with Crippen LogP contribution in [-0.2, 0) is 11.3 Å². The molecule has 0 aromatic carbocycles. The SMILES string of the molecule is CC(CC(=O)O)NC(=O)NCc1ccncc1. The monoisotopic (exact) mass is 237 g/mol. The summed E-state index contributed by atoms with van der Waals surface area (Å²) in [4.78, 5) is 25.6. The molecule has 0 saturated heterocycles. The molecule has 0 aliphatic carbocycles. The van der Waals surface area contributed by atoms with E-state index in [1.807, 2.05) is 0 Å². The molecule has 6 nitrogen and oxygen atoms in total. The average Bonchev–Trinajstić information content (AvgIpc) is 2.26. The Labute approximate surface area is 99.1 Å². The maximum atomic E-state index is 11.4. The first-order valence-corrected chi connectivity index (χ1v) is 5.23. The van der Waals surface area contributed by atoms with Crippen molar-refractivity contribution in [3.8, 4) is 0 Å². The zero-order valence-corrected chi connectivity index (χ0v) is 9.51. The number of pyridine rings is 1. The first-order valence-electron chi connectivity index (χ1n) is 5.23. The minimum Gasteiger partial charge on any atom is -0.481 e. The molecule has 6 heteroatoms. The third kappa shape index (κ3) is 5.50. The van der Waals surface area contributed by atoms with Gasteiger partial charge in [0.25, 0.3) is 0 Å². The van der Waals surface area contributed by atoms with Gasteiger partial charge in [0.1, 0.15) is 0 Å². The van der Waals surface area contributed by atoms with Crippen molar-refractivity contribution in [1.29, 1.82) is 0 Å². The highest BCUT2D eigenvalue weighted by molar-refractivity contribution is 5.75. The van der Waals surface area contributed by atoms with Gasteiger partial charge in [0, 0.05) is 25.0 Å². The van der Waals surface area contributed by atoms with E-state index < -0.39 is 12.0 Å². The predicted octanol–water partition coefficient (Wildman–Crippen LogP) is 0.744. The van der Waals surface area contributed by atoms with Crippen molar-refractivity contribution in [3.05, 3.63) is 30.1 Å². The number of aliphatic carboxylic acids is 1. The lowest BCUT2D eigenvalue weighted by Crippen LogP contribution is -2.41. The van der Waals surface area contributed by atoms with Gasteiger partial charge < -0.3 is 15.7 Å². The Bertz CT molecular complexity index is 381. The van der Waals surface area contributed by atoms with E-state index in [-0.39, 0.29) is 12.5 Å². The second kappa shape index (κ2) is 6.47. The molecule has 0 aliphatic heterocycles. The molecular formula is C11H15N3O3. The number of carboxylic acids is 1. The van der Waals surface area contributed by atoms with Crippen LogP contribution in [0, 0.1) is 0 Å². The van der Waals surface area contributed by atoms with E-state index in [2.05, 4.69) is 15.6 Å². The molecule has 1 atom stereocenters. The van der Waals surface area contributed by atoms with Gasteiger partial charge in [0.2, 0.25) is 0 Å². The summed E-state index contributed by atoms with van der Waals surface area (Å²) >= 11 is 0. The number of carboxylic acid groups (broad SMARTS) is 1. The van der Waals surface area contributed by atoms with Crippen molar-refractivity contribution in [2.45, 2.75) is 25.9 Å². The molecule has 0 fully saturated rings. The molecule has 1 aromatic rings. The third-order valence-corrected chi connectivity index (χ3v) is 2.06. The molecule has 0 saturated carbocycles. The number of carbonyl (C=O) groups is 2. The number of urea groups is 1. The molecule has 0 bridgehead atoms. The fourth-order valence-electron chi connectivity index (χ4n) is 1.27. The van der Waals surface area contributed by atoms with E-state index in [0.717, 1.165) is 5.56 Å². The Hall–Kier alpha value is -2.11. The van der Waals surface area contributed by atoms with E-state index >= 15 is 0 Å². The minimum atomic E-state index is -0.938. The van der Waals surface area contributed by atoms with Crippen LogP contribution in [0.25, 0.3) is 0 Å². The number of nitrogens with one attached hydrogen (secondary N) is 2. The maximum absolute atomic E-state index is 11.4. The van der Waals surface area contributed by atoms with Gasteiger partial charge in [-0.05, 0) is 24.6 Å². The first-order chi connectivity index (χ1) is 8.08. The van der Waals surface area contributed by atoms with Crippen LogP contribution in [0.15, 0.2) is 24.5 Å². The Morgan fingerprint density at radius 1 is 1.41 bits per heavy atom. The van der Waals surface area contributed by atoms with Gasteiger partial charge in [-0.3, -0.25) is 9.78 Å². The molecule has 3 N–H and O–H groups in total. The second-order valence-electron chi connectivity index (χ2n) is 3.68. The Balaban J connectivity index is 2.28. The highest BCUT2D eigenvalue weighted by Crippen LogP contribution is 1.95. The van der Waals surface area contributed by atoms with Crippen LogP contribution in [0.3, 0.4) is 0 Å². The van der Waals surface area contributed by atoms with Crippen molar-refractivity contribution in [1.82, 2.24) is 15.6 Å². The lowest BCUT2D eigenvalue weighted by molar-refractivity contribution is -0.137. The van der Waals surface area contributed by atoms with Crippen LogP contribution in [0.1, 0.15) is 18.9 Å².